The number of ether oxygens (including phenoxy) is 1. The standard InChI is InChI=1S/C16H26N6O2/c1-4-21(9-13(3)8-17)15(23)11-20-6-7-24-14(10-20)16-19-18-12-22(16)5-2/h12-14H,4-7,9-11H2,1-3H3. The minimum absolute atomic E-state index is 0.0530. The predicted octanol–water partition coefficient (Wildman–Crippen LogP) is 0.679. The van der Waals surface area contributed by atoms with Gasteiger partial charge in [0.05, 0.1) is 25.1 Å². The number of nitriles is 1. The summed E-state index contributed by atoms with van der Waals surface area (Å²) in [5.41, 5.74) is 0. The fraction of sp³-hybridized carbons (Fsp3) is 0.750. The summed E-state index contributed by atoms with van der Waals surface area (Å²) >= 11 is 0. The quantitative estimate of drug-likeness (QED) is 0.729. The molecule has 1 aromatic rings. The molecule has 1 fully saturated rings. The van der Waals surface area contributed by atoms with Crippen molar-refractivity contribution in [1.29, 1.82) is 5.26 Å². The van der Waals surface area contributed by atoms with Gasteiger partial charge in [0.2, 0.25) is 5.91 Å². The van der Waals surface area contributed by atoms with E-state index in [-0.39, 0.29) is 17.9 Å². The molecule has 0 aliphatic carbocycles. The van der Waals surface area contributed by atoms with Gasteiger partial charge in [-0.3, -0.25) is 9.69 Å². The maximum absolute atomic E-state index is 12.5. The third-order valence-corrected chi connectivity index (χ3v) is 4.23. The van der Waals surface area contributed by atoms with Crippen LogP contribution in [0.5, 0.6) is 0 Å². The zero-order valence-corrected chi connectivity index (χ0v) is 14.7. The van der Waals surface area contributed by atoms with Crippen molar-refractivity contribution in [3.05, 3.63) is 12.2 Å². The molecule has 1 aliphatic rings. The Balaban J connectivity index is 1.95. The van der Waals surface area contributed by atoms with E-state index >= 15 is 0 Å². The number of carbonyl (C=O) groups excluding carboxylic acids is 1. The molecule has 1 amide bonds. The van der Waals surface area contributed by atoms with Crippen LogP contribution in [0.25, 0.3) is 0 Å². The fourth-order valence-corrected chi connectivity index (χ4v) is 2.83. The smallest absolute Gasteiger partial charge is 0.236 e. The van der Waals surface area contributed by atoms with Crippen LogP contribution in [0.3, 0.4) is 0 Å². The molecule has 1 aromatic heterocycles. The van der Waals surface area contributed by atoms with E-state index in [9.17, 15) is 4.79 Å². The number of likely N-dealkylation sites (N-methyl/N-ethyl adjacent to an activating group) is 1. The largest absolute Gasteiger partial charge is 0.368 e. The van der Waals surface area contributed by atoms with Crippen molar-refractivity contribution < 1.29 is 9.53 Å². The molecule has 2 unspecified atom stereocenters. The number of hydrogen-bond donors (Lipinski definition) is 0. The zero-order valence-electron chi connectivity index (χ0n) is 14.7. The highest BCUT2D eigenvalue weighted by Gasteiger charge is 2.28. The highest BCUT2D eigenvalue weighted by atomic mass is 16.5. The third-order valence-electron chi connectivity index (χ3n) is 4.23. The lowest BCUT2D eigenvalue weighted by atomic mass is 10.2. The number of morpholine rings is 1. The van der Waals surface area contributed by atoms with Gasteiger partial charge in [0.15, 0.2) is 5.82 Å². The second-order valence-corrected chi connectivity index (χ2v) is 6.03. The number of hydrogen-bond acceptors (Lipinski definition) is 6. The second-order valence-electron chi connectivity index (χ2n) is 6.03. The van der Waals surface area contributed by atoms with Crippen LogP contribution in [0.1, 0.15) is 32.7 Å². The van der Waals surface area contributed by atoms with E-state index in [2.05, 4.69) is 21.2 Å². The summed E-state index contributed by atoms with van der Waals surface area (Å²) in [7, 11) is 0. The normalized spacial score (nSPS) is 19.7. The first kappa shape index (κ1) is 18.4. The van der Waals surface area contributed by atoms with E-state index in [0.717, 1.165) is 12.4 Å². The third kappa shape index (κ3) is 4.52. The average Bonchev–Trinajstić information content (AvgIpc) is 3.08. The molecular weight excluding hydrogens is 308 g/mol. The van der Waals surface area contributed by atoms with Crippen molar-refractivity contribution in [2.24, 2.45) is 5.92 Å². The Kier molecular flexibility index (Phi) is 6.70. The maximum Gasteiger partial charge on any atom is 0.236 e. The van der Waals surface area contributed by atoms with Crippen molar-refractivity contribution in [1.82, 2.24) is 24.6 Å². The molecule has 24 heavy (non-hydrogen) atoms. The van der Waals surface area contributed by atoms with E-state index in [1.54, 1.807) is 11.2 Å². The topological polar surface area (TPSA) is 87.3 Å². The average molecular weight is 334 g/mol. The molecule has 0 spiro atoms. The molecule has 0 radical (unpaired) electrons. The van der Waals surface area contributed by atoms with Gasteiger partial charge in [-0.1, -0.05) is 0 Å². The second kappa shape index (κ2) is 8.76. The summed E-state index contributed by atoms with van der Waals surface area (Å²) in [5.74, 6) is 0.701. The molecule has 132 valence electrons. The number of rotatable bonds is 7. The molecule has 1 aliphatic heterocycles. The van der Waals surface area contributed by atoms with Crippen LogP contribution in [0.4, 0.5) is 0 Å². The lowest BCUT2D eigenvalue weighted by molar-refractivity contribution is -0.134. The van der Waals surface area contributed by atoms with Crippen LogP contribution in [0, 0.1) is 17.2 Å². The first-order chi connectivity index (χ1) is 11.6. The molecule has 0 bridgehead atoms. The van der Waals surface area contributed by atoms with Gasteiger partial charge in [-0.25, -0.2) is 0 Å². The highest BCUT2D eigenvalue weighted by Crippen LogP contribution is 2.20. The van der Waals surface area contributed by atoms with Crippen LogP contribution in [0.2, 0.25) is 0 Å². The summed E-state index contributed by atoms with van der Waals surface area (Å²) in [4.78, 5) is 16.3. The van der Waals surface area contributed by atoms with Gasteiger partial charge < -0.3 is 14.2 Å². The Morgan fingerprint density at radius 1 is 1.58 bits per heavy atom. The Hall–Kier alpha value is -1.98. The van der Waals surface area contributed by atoms with E-state index in [1.165, 1.54) is 0 Å². The van der Waals surface area contributed by atoms with E-state index in [4.69, 9.17) is 10.00 Å². The molecule has 0 N–H and O–H groups in total. The SMILES string of the molecule is CCN(CC(C)C#N)C(=O)CN1CCOC(c2nncn2CC)C1. The molecule has 1 saturated heterocycles. The van der Waals surface area contributed by atoms with Crippen molar-refractivity contribution in [3.63, 3.8) is 0 Å². The summed E-state index contributed by atoms with van der Waals surface area (Å²) in [5, 5.41) is 17.0. The van der Waals surface area contributed by atoms with Gasteiger partial charge in [-0.05, 0) is 20.8 Å². The van der Waals surface area contributed by atoms with Gasteiger partial charge in [-0.2, -0.15) is 5.26 Å². The predicted molar refractivity (Wildman–Crippen MR) is 87.9 cm³/mol. The number of carbonyl (C=O) groups is 1. The Bertz CT molecular complexity index is 581. The molecule has 8 heteroatoms. The minimum atomic E-state index is -0.165. The number of amides is 1. The van der Waals surface area contributed by atoms with Crippen LogP contribution in [0.15, 0.2) is 6.33 Å². The van der Waals surface area contributed by atoms with Crippen molar-refractivity contribution in [3.8, 4) is 6.07 Å². The van der Waals surface area contributed by atoms with Gasteiger partial charge in [0.25, 0.3) is 0 Å². The lowest BCUT2D eigenvalue weighted by Crippen LogP contribution is -2.46. The zero-order chi connectivity index (χ0) is 17.5. The van der Waals surface area contributed by atoms with Crippen molar-refractivity contribution in [2.45, 2.75) is 33.4 Å². The Labute approximate surface area is 143 Å². The molecule has 2 rings (SSSR count). The van der Waals surface area contributed by atoms with Crippen LogP contribution < -0.4 is 0 Å². The summed E-state index contributed by atoms with van der Waals surface area (Å²) in [6.07, 6.45) is 1.53. The van der Waals surface area contributed by atoms with Gasteiger partial charge in [0, 0.05) is 32.7 Å². The molecule has 0 saturated carbocycles. The maximum atomic E-state index is 12.5. The van der Waals surface area contributed by atoms with E-state index in [1.807, 2.05) is 25.3 Å². The van der Waals surface area contributed by atoms with E-state index < -0.39 is 0 Å². The number of nitrogens with zero attached hydrogens (tertiary/aromatic N) is 6. The number of aromatic nitrogens is 3. The monoisotopic (exact) mass is 334 g/mol. The first-order valence-corrected chi connectivity index (χ1v) is 8.48. The van der Waals surface area contributed by atoms with Crippen molar-refractivity contribution in [2.75, 3.05) is 39.3 Å². The fourth-order valence-electron chi connectivity index (χ4n) is 2.83. The van der Waals surface area contributed by atoms with Crippen LogP contribution in [-0.4, -0.2) is 69.8 Å². The molecule has 8 nitrogen and oxygen atoms in total. The Morgan fingerprint density at radius 3 is 3.04 bits per heavy atom. The summed E-state index contributed by atoms with van der Waals surface area (Å²) < 4.78 is 7.77. The van der Waals surface area contributed by atoms with Gasteiger partial charge in [0.1, 0.15) is 12.4 Å². The first-order valence-electron chi connectivity index (χ1n) is 8.48. The molecular formula is C16H26N6O2. The van der Waals surface area contributed by atoms with Gasteiger partial charge >= 0.3 is 0 Å². The minimum Gasteiger partial charge on any atom is -0.368 e. The lowest BCUT2D eigenvalue weighted by Gasteiger charge is -2.33. The molecule has 0 aromatic carbocycles. The number of aryl methyl sites for hydroxylation is 1. The molecule has 2 atom stereocenters. The van der Waals surface area contributed by atoms with Gasteiger partial charge in [-0.15, -0.1) is 10.2 Å². The molecule has 2 heterocycles. The Morgan fingerprint density at radius 2 is 2.38 bits per heavy atom. The van der Waals surface area contributed by atoms with Crippen LogP contribution in [-0.2, 0) is 16.1 Å². The van der Waals surface area contributed by atoms with Crippen LogP contribution >= 0.6 is 0 Å². The van der Waals surface area contributed by atoms with Crippen molar-refractivity contribution >= 4 is 5.91 Å². The summed E-state index contributed by atoms with van der Waals surface area (Å²) in [6.45, 7) is 9.92. The van der Waals surface area contributed by atoms with E-state index in [0.29, 0.717) is 39.3 Å². The highest BCUT2D eigenvalue weighted by molar-refractivity contribution is 5.78. The summed E-state index contributed by atoms with van der Waals surface area (Å²) in [6, 6.07) is 2.18.